The third-order valence-corrected chi connectivity index (χ3v) is 3.05. The van der Waals surface area contributed by atoms with Gasteiger partial charge in [-0.2, -0.15) is 0 Å². The molecule has 0 saturated heterocycles. The minimum atomic E-state index is -1.03. The Hall–Kier alpha value is -0.900. The van der Waals surface area contributed by atoms with Gasteiger partial charge in [-0.15, -0.1) is 0 Å². The van der Waals surface area contributed by atoms with Crippen molar-refractivity contribution in [3.63, 3.8) is 0 Å². The van der Waals surface area contributed by atoms with Crippen LogP contribution in [0.15, 0.2) is 30.3 Å². The summed E-state index contributed by atoms with van der Waals surface area (Å²) in [6, 6.07) is 10.1. The maximum absolute atomic E-state index is 9.74. The maximum Gasteiger partial charge on any atom is 0.116 e. The lowest BCUT2D eigenvalue weighted by atomic mass is 9.90. The Morgan fingerprint density at radius 1 is 1.38 bits per heavy atom. The first-order chi connectivity index (χ1) is 7.66. The minimum Gasteiger partial charge on any atom is -0.376 e. The lowest BCUT2D eigenvalue weighted by Gasteiger charge is -2.33. The van der Waals surface area contributed by atoms with Gasteiger partial charge in [0.2, 0.25) is 0 Å². The van der Waals surface area contributed by atoms with E-state index in [-0.39, 0.29) is 6.10 Å². The first-order valence-corrected chi connectivity index (χ1v) is 5.82. The van der Waals surface area contributed by atoms with Crippen molar-refractivity contribution in [1.29, 1.82) is 0 Å². The Balaban J connectivity index is 1.82. The van der Waals surface area contributed by atoms with Crippen molar-refractivity contribution in [2.24, 2.45) is 5.73 Å². The molecule has 0 aromatic heterocycles. The number of hydrogen-bond acceptors (Lipinski definition) is 3. The molecule has 0 heterocycles. The zero-order valence-electron chi connectivity index (χ0n) is 9.43. The Bertz CT molecular complexity index is 324. The van der Waals surface area contributed by atoms with Gasteiger partial charge in [-0.05, 0) is 24.8 Å². The zero-order valence-corrected chi connectivity index (χ0v) is 9.43. The van der Waals surface area contributed by atoms with Crippen LogP contribution in [-0.2, 0) is 11.3 Å². The predicted octanol–water partition coefficient (Wildman–Crippen LogP) is 1.79. The summed E-state index contributed by atoms with van der Waals surface area (Å²) in [7, 11) is 0. The second kappa shape index (κ2) is 4.95. The molecule has 2 atom stereocenters. The molecule has 1 aromatic carbocycles. The third-order valence-electron chi connectivity index (χ3n) is 3.05. The average molecular weight is 221 g/mol. The highest BCUT2D eigenvalue weighted by Crippen LogP contribution is 2.26. The van der Waals surface area contributed by atoms with Crippen LogP contribution in [0.4, 0.5) is 0 Å². The van der Waals surface area contributed by atoms with E-state index in [1.807, 2.05) is 30.3 Å². The second-order valence-electron chi connectivity index (χ2n) is 4.62. The number of rotatable bonds is 3. The van der Waals surface area contributed by atoms with Gasteiger partial charge in [-0.3, -0.25) is 0 Å². The van der Waals surface area contributed by atoms with Crippen molar-refractivity contribution in [3.8, 4) is 0 Å². The second-order valence-corrected chi connectivity index (χ2v) is 4.62. The Morgan fingerprint density at radius 2 is 2.12 bits per heavy atom. The minimum absolute atomic E-state index is 0.0870. The number of hydrogen-bond donors (Lipinski definition) is 2. The summed E-state index contributed by atoms with van der Waals surface area (Å²) >= 11 is 0. The van der Waals surface area contributed by atoms with E-state index in [9.17, 15) is 5.11 Å². The molecule has 2 unspecified atom stereocenters. The number of aliphatic hydroxyl groups is 1. The van der Waals surface area contributed by atoms with Crippen LogP contribution in [0.1, 0.15) is 31.2 Å². The number of nitrogens with two attached hydrogens (primary N) is 1. The van der Waals surface area contributed by atoms with Crippen molar-refractivity contribution in [1.82, 2.24) is 0 Å². The van der Waals surface area contributed by atoms with Gasteiger partial charge < -0.3 is 15.6 Å². The van der Waals surface area contributed by atoms with Crippen LogP contribution in [0.2, 0.25) is 0 Å². The van der Waals surface area contributed by atoms with Gasteiger partial charge in [0.15, 0.2) is 0 Å². The van der Waals surface area contributed by atoms with E-state index >= 15 is 0 Å². The molecule has 0 spiro atoms. The highest BCUT2D eigenvalue weighted by Gasteiger charge is 2.30. The summed E-state index contributed by atoms with van der Waals surface area (Å²) in [6.07, 6.45) is 3.24. The fraction of sp³-hybridized carbons (Fsp3) is 0.538. The molecule has 16 heavy (non-hydrogen) atoms. The van der Waals surface area contributed by atoms with Gasteiger partial charge in [0.1, 0.15) is 5.72 Å². The fourth-order valence-electron chi connectivity index (χ4n) is 2.16. The summed E-state index contributed by atoms with van der Waals surface area (Å²) in [6.45, 7) is 0.599. The van der Waals surface area contributed by atoms with Gasteiger partial charge in [-0.25, -0.2) is 0 Å². The van der Waals surface area contributed by atoms with Crippen LogP contribution in [-0.4, -0.2) is 16.9 Å². The van der Waals surface area contributed by atoms with E-state index in [1.54, 1.807) is 0 Å². The Morgan fingerprint density at radius 3 is 2.81 bits per heavy atom. The summed E-state index contributed by atoms with van der Waals surface area (Å²) in [4.78, 5) is 0. The van der Waals surface area contributed by atoms with E-state index in [4.69, 9.17) is 10.5 Å². The number of benzene rings is 1. The van der Waals surface area contributed by atoms with Gasteiger partial charge in [0.05, 0.1) is 12.7 Å². The molecule has 0 aliphatic heterocycles. The fourth-order valence-corrected chi connectivity index (χ4v) is 2.16. The molecule has 0 amide bonds. The molecule has 0 bridgehead atoms. The molecule has 3 N–H and O–H groups in total. The van der Waals surface area contributed by atoms with Crippen LogP contribution in [0, 0.1) is 0 Å². The Kier molecular flexibility index (Phi) is 3.59. The Labute approximate surface area is 96.2 Å². The monoisotopic (exact) mass is 221 g/mol. The summed E-state index contributed by atoms with van der Waals surface area (Å²) in [5, 5.41) is 9.74. The summed E-state index contributed by atoms with van der Waals surface area (Å²) in [5.74, 6) is 0. The van der Waals surface area contributed by atoms with Crippen molar-refractivity contribution in [2.75, 3.05) is 0 Å². The van der Waals surface area contributed by atoms with Crippen molar-refractivity contribution in [3.05, 3.63) is 35.9 Å². The van der Waals surface area contributed by atoms with E-state index in [2.05, 4.69) is 0 Å². The van der Waals surface area contributed by atoms with Crippen molar-refractivity contribution >= 4 is 0 Å². The van der Waals surface area contributed by atoms with Crippen LogP contribution in [0.25, 0.3) is 0 Å². The molecule has 1 aliphatic rings. The van der Waals surface area contributed by atoms with E-state index in [0.717, 1.165) is 18.4 Å². The molecular formula is C13H19NO2. The highest BCUT2D eigenvalue weighted by atomic mass is 16.5. The van der Waals surface area contributed by atoms with E-state index in [1.165, 1.54) is 0 Å². The molecule has 3 nitrogen and oxygen atoms in total. The van der Waals surface area contributed by atoms with Crippen molar-refractivity contribution < 1.29 is 9.84 Å². The standard InChI is InChI=1S/C13H19NO2/c14-13(15)8-4-7-12(9-13)16-10-11-5-2-1-3-6-11/h1-3,5-6,12,15H,4,7-10,14H2. The largest absolute Gasteiger partial charge is 0.376 e. The molecule has 1 aromatic rings. The van der Waals surface area contributed by atoms with Crippen molar-refractivity contribution in [2.45, 2.75) is 44.1 Å². The number of ether oxygens (including phenoxy) is 1. The molecule has 1 aliphatic carbocycles. The lowest BCUT2D eigenvalue weighted by molar-refractivity contribution is -0.0734. The van der Waals surface area contributed by atoms with Gasteiger partial charge in [-0.1, -0.05) is 30.3 Å². The third kappa shape index (κ3) is 3.30. The van der Waals surface area contributed by atoms with E-state index in [0.29, 0.717) is 19.4 Å². The molecule has 2 rings (SSSR count). The summed E-state index contributed by atoms with van der Waals surface area (Å²) in [5.41, 5.74) is 5.85. The van der Waals surface area contributed by atoms with Crippen LogP contribution in [0.5, 0.6) is 0 Å². The first-order valence-electron chi connectivity index (χ1n) is 5.82. The highest BCUT2D eigenvalue weighted by molar-refractivity contribution is 5.13. The molecule has 0 radical (unpaired) electrons. The quantitative estimate of drug-likeness (QED) is 0.765. The van der Waals surface area contributed by atoms with Crippen LogP contribution >= 0.6 is 0 Å². The van der Waals surface area contributed by atoms with Gasteiger partial charge in [0.25, 0.3) is 0 Å². The zero-order chi connectivity index (χ0) is 11.4. The molecule has 1 saturated carbocycles. The molecule has 3 heteroatoms. The lowest BCUT2D eigenvalue weighted by Crippen LogP contribution is -2.46. The van der Waals surface area contributed by atoms with Gasteiger partial charge in [0, 0.05) is 6.42 Å². The van der Waals surface area contributed by atoms with Crippen LogP contribution < -0.4 is 5.73 Å². The first kappa shape index (κ1) is 11.6. The molecular weight excluding hydrogens is 202 g/mol. The topological polar surface area (TPSA) is 55.5 Å². The molecule has 88 valence electrons. The SMILES string of the molecule is NC1(O)CCCC(OCc2ccccc2)C1. The normalized spacial score (nSPS) is 30.2. The average Bonchev–Trinajstić information content (AvgIpc) is 2.27. The molecule has 1 fully saturated rings. The summed E-state index contributed by atoms with van der Waals surface area (Å²) < 4.78 is 5.76. The smallest absolute Gasteiger partial charge is 0.116 e. The maximum atomic E-state index is 9.74. The van der Waals surface area contributed by atoms with E-state index < -0.39 is 5.72 Å². The van der Waals surface area contributed by atoms with Crippen LogP contribution in [0.3, 0.4) is 0 Å². The van der Waals surface area contributed by atoms with Gasteiger partial charge >= 0.3 is 0 Å². The predicted molar refractivity (Wildman–Crippen MR) is 62.6 cm³/mol.